The van der Waals surface area contributed by atoms with Crippen molar-refractivity contribution in [1.82, 2.24) is 5.32 Å². The van der Waals surface area contributed by atoms with Crippen molar-refractivity contribution in [2.24, 2.45) is 0 Å². The highest BCUT2D eigenvalue weighted by molar-refractivity contribution is 7.92. The Morgan fingerprint density at radius 1 is 1.04 bits per heavy atom. The Labute approximate surface area is 149 Å². The molecule has 134 valence electrons. The van der Waals surface area contributed by atoms with Crippen molar-refractivity contribution >= 4 is 21.6 Å². The van der Waals surface area contributed by atoms with Gasteiger partial charge in [0.25, 0.3) is 0 Å². The van der Waals surface area contributed by atoms with Crippen molar-refractivity contribution in [2.75, 3.05) is 17.1 Å². The highest BCUT2D eigenvalue weighted by atomic mass is 32.2. The van der Waals surface area contributed by atoms with Crippen LogP contribution in [0.3, 0.4) is 0 Å². The molecule has 5 nitrogen and oxygen atoms in total. The molecule has 0 fully saturated rings. The van der Waals surface area contributed by atoms with Crippen LogP contribution in [0, 0.1) is 13.8 Å². The van der Waals surface area contributed by atoms with Gasteiger partial charge < -0.3 is 5.32 Å². The molecule has 0 aliphatic heterocycles. The monoisotopic (exact) mass is 360 g/mol. The van der Waals surface area contributed by atoms with Crippen LogP contribution >= 0.6 is 0 Å². The maximum absolute atomic E-state index is 12.2. The van der Waals surface area contributed by atoms with Crippen molar-refractivity contribution in [1.29, 1.82) is 0 Å². The Morgan fingerprint density at radius 3 is 2.36 bits per heavy atom. The SMILES string of the molecule is Cc1cccc(N(CCC(=O)NCc2ccccc2)S(C)(=O)=O)c1C. The topological polar surface area (TPSA) is 66.5 Å². The highest BCUT2D eigenvalue weighted by Crippen LogP contribution is 2.25. The lowest BCUT2D eigenvalue weighted by Crippen LogP contribution is -2.35. The van der Waals surface area contributed by atoms with Crippen LogP contribution in [0.15, 0.2) is 48.5 Å². The van der Waals surface area contributed by atoms with E-state index in [0.29, 0.717) is 12.2 Å². The Hall–Kier alpha value is -2.34. The van der Waals surface area contributed by atoms with Crippen molar-refractivity contribution in [3.8, 4) is 0 Å². The molecular weight excluding hydrogens is 336 g/mol. The first-order chi connectivity index (χ1) is 11.8. The largest absolute Gasteiger partial charge is 0.352 e. The van der Waals surface area contributed by atoms with Gasteiger partial charge in [-0.2, -0.15) is 0 Å². The predicted molar refractivity (Wildman–Crippen MR) is 101 cm³/mol. The molecule has 0 atom stereocenters. The number of nitrogens with one attached hydrogen (secondary N) is 1. The molecule has 25 heavy (non-hydrogen) atoms. The number of carbonyl (C=O) groups excluding carboxylic acids is 1. The van der Waals surface area contributed by atoms with Gasteiger partial charge in [-0.1, -0.05) is 42.5 Å². The molecule has 0 saturated carbocycles. The van der Waals surface area contributed by atoms with Gasteiger partial charge in [-0.25, -0.2) is 8.42 Å². The molecular formula is C19H24N2O3S. The zero-order valence-electron chi connectivity index (χ0n) is 14.8. The third-order valence-corrected chi connectivity index (χ3v) is 5.30. The molecule has 2 aromatic rings. The van der Waals surface area contributed by atoms with Crippen LogP contribution in [0.5, 0.6) is 0 Å². The second-order valence-electron chi connectivity index (χ2n) is 6.07. The minimum atomic E-state index is -3.47. The summed E-state index contributed by atoms with van der Waals surface area (Å²) in [6, 6.07) is 15.1. The number of hydrogen-bond acceptors (Lipinski definition) is 3. The second-order valence-corrected chi connectivity index (χ2v) is 7.97. The normalized spacial score (nSPS) is 11.2. The Bertz CT molecular complexity index is 833. The van der Waals surface area contributed by atoms with Crippen LogP contribution in [0.25, 0.3) is 0 Å². The van der Waals surface area contributed by atoms with Gasteiger partial charge >= 0.3 is 0 Å². The maximum Gasteiger partial charge on any atom is 0.232 e. The number of benzene rings is 2. The van der Waals surface area contributed by atoms with Crippen molar-refractivity contribution < 1.29 is 13.2 Å². The smallest absolute Gasteiger partial charge is 0.232 e. The van der Waals surface area contributed by atoms with Crippen molar-refractivity contribution in [2.45, 2.75) is 26.8 Å². The number of rotatable bonds is 7. The Balaban J connectivity index is 2.03. The van der Waals surface area contributed by atoms with E-state index in [1.165, 1.54) is 4.31 Å². The summed E-state index contributed by atoms with van der Waals surface area (Å²) < 4.78 is 25.7. The first-order valence-electron chi connectivity index (χ1n) is 8.13. The summed E-state index contributed by atoms with van der Waals surface area (Å²) in [5.74, 6) is -0.178. The molecule has 0 aromatic heterocycles. The van der Waals surface area contributed by atoms with E-state index in [1.54, 1.807) is 6.07 Å². The molecule has 2 rings (SSSR count). The minimum Gasteiger partial charge on any atom is -0.352 e. The van der Waals surface area contributed by atoms with Crippen LogP contribution in [-0.2, 0) is 21.4 Å². The van der Waals surface area contributed by atoms with Gasteiger partial charge in [0.15, 0.2) is 0 Å². The molecule has 0 unspecified atom stereocenters. The van der Waals surface area contributed by atoms with Crippen LogP contribution in [0.1, 0.15) is 23.1 Å². The fourth-order valence-corrected chi connectivity index (χ4v) is 3.54. The number of sulfonamides is 1. The van der Waals surface area contributed by atoms with Gasteiger partial charge in [-0.05, 0) is 36.6 Å². The van der Waals surface area contributed by atoms with Crippen molar-refractivity contribution in [3.05, 3.63) is 65.2 Å². The van der Waals surface area contributed by atoms with E-state index in [9.17, 15) is 13.2 Å². The highest BCUT2D eigenvalue weighted by Gasteiger charge is 2.20. The summed E-state index contributed by atoms with van der Waals surface area (Å²) in [6.45, 7) is 4.37. The van der Waals surface area contributed by atoms with Gasteiger partial charge in [-0.15, -0.1) is 0 Å². The summed E-state index contributed by atoms with van der Waals surface area (Å²) in [6.07, 6.45) is 1.27. The molecule has 1 N–H and O–H groups in total. The van der Waals surface area contributed by atoms with E-state index in [4.69, 9.17) is 0 Å². The van der Waals surface area contributed by atoms with Gasteiger partial charge in [0.05, 0.1) is 11.9 Å². The molecule has 0 aliphatic rings. The van der Waals surface area contributed by atoms with Crippen LogP contribution in [0.4, 0.5) is 5.69 Å². The summed E-state index contributed by atoms with van der Waals surface area (Å²) in [5.41, 5.74) is 3.54. The third kappa shape index (κ3) is 5.32. The van der Waals surface area contributed by atoms with E-state index < -0.39 is 10.0 Å². The second kappa shape index (κ2) is 8.16. The number of carbonyl (C=O) groups is 1. The molecule has 0 saturated heterocycles. The Kier molecular flexibility index (Phi) is 6.20. The molecule has 0 aliphatic carbocycles. The zero-order valence-corrected chi connectivity index (χ0v) is 15.6. The number of hydrogen-bond donors (Lipinski definition) is 1. The molecule has 0 heterocycles. The van der Waals surface area contributed by atoms with Crippen LogP contribution in [-0.4, -0.2) is 27.1 Å². The molecule has 0 spiro atoms. The minimum absolute atomic E-state index is 0.104. The lowest BCUT2D eigenvalue weighted by atomic mass is 10.1. The number of aryl methyl sites for hydroxylation is 1. The molecule has 1 amide bonds. The molecule has 0 bridgehead atoms. The summed E-state index contributed by atoms with van der Waals surface area (Å²) in [5, 5.41) is 2.82. The number of anilines is 1. The molecule has 0 radical (unpaired) electrons. The summed E-state index contributed by atoms with van der Waals surface area (Å²) >= 11 is 0. The fraction of sp³-hybridized carbons (Fsp3) is 0.316. The number of amides is 1. The van der Waals surface area contributed by atoms with Crippen molar-refractivity contribution in [3.63, 3.8) is 0 Å². The molecule has 2 aromatic carbocycles. The van der Waals surface area contributed by atoms with Gasteiger partial charge in [0, 0.05) is 19.5 Å². The van der Waals surface area contributed by atoms with E-state index in [1.807, 2.05) is 56.3 Å². The van der Waals surface area contributed by atoms with Gasteiger partial charge in [0.1, 0.15) is 0 Å². The fourth-order valence-electron chi connectivity index (χ4n) is 2.56. The third-order valence-electron chi connectivity index (χ3n) is 4.12. The van der Waals surface area contributed by atoms with E-state index >= 15 is 0 Å². The number of nitrogens with zero attached hydrogens (tertiary/aromatic N) is 1. The van der Waals surface area contributed by atoms with Gasteiger partial charge in [0.2, 0.25) is 15.9 Å². The lowest BCUT2D eigenvalue weighted by molar-refractivity contribution is -0.121. The van der Waals surface area contributed by atoms with Gasteiger partial charge in [-0.3, -0.25) is 9.10 Å². The quantitative estimate of drug-likeness (QED) is 0.826. The van der Waals surface area contributed by atoms with Crippen LogP contribution in [0.2, 0.25) is 0 Å². The predicted octanol–water partition coefficient (Wildman–Crippen LogP) is 2.78. The average Bonchev–Trinajstić information content (AvgIpc) is 2.56. The zero-order chi connectivity index (χ0) is 18.4. The van der Waals surface area contributed by atoms with Crippen LogP contribution < -0.4 is 9.62 Å². The maximum atomic E-state index is 12.2. The Morgan fingerprint density at radius 2 is 1.72 bits per heavy atom. The lowest BCUT2D eigenvalue weighted by Gasteiger charge is -2.24. The summed E-state index contributed by atoms with van der Waals surface area (Å²) in [4.78, 5) is 12.1. The average molecular weight is 360 g/mol. The first-order valence-corrected chi connectivity index (χ1v) is 9.98. The van der Waals surface area contributed by atoms with E-state index in [0.717, 1.165) is 22.9 Å². The summed E-state index contributed by atoms with van der Waals surface area (Å²) in [7, 11) is -3.47. The van der Waals surface area contributed by atoms with E-state index in [-0.39, 0.29) is 18.9 Å². The first kappa shape index (κ1) is 19.0. The molecule has 6 heteroatoms. The standard InChI is InChI=1S/C19H24N2O3S/c1-15-8-7-11-18(16(15)2)21(25(3,23)24)13-12-19(22)20-14-17-9-5-4-6-10-17/h4-11H,12-14H2,1-3H3,(H,20,22). The van der Waals surface area contributed by atoms with E-state index in [2.05, 4.69) is 5.32 Å².